The van der Waals surface area contributed by atoms with Crippen molar-refractivity contribution in [3.05, 3.63) is 42.1 Å². The van der Waals surface area contributed by atoms with Crippen LogP contribution in [0.1, 0.15) is 33.3 Å². The van der Waals surface area contributed by atoms with E-state index in [1.54, 1.807) is 6.20 Å². The topological polar surface area (TPSA) is 60.3 Å². The minimum atomic E-state index is -0.528. The third kappa shape index (κ3) is 4.71. The van der Waals surface area contributed by atoms with Crippen LogP contribution in [0, 0.1) is 0 Å². The van der Waals surface area contributed by atoms with Crippen LogP contribution in [0.3, 0.4) is 0 Å². The van der Waals surface area contributed by atoms with Gasteiger partial charge in [0.25, 0.3) is 0 Å². The van der Waals surface area contributed by atoms with E-state index < -0.39 is 5.60 Å². The first kappa shape index (κ1) is 16.8. The van der Waals surface area contributed by atoms with Crippen LogP contribution in [0.25, 0.3) is 17.0 Å². The molecule has 0 unspecified atom stereocenters. The molecular weight excluding hydrogens is 292 g/mol. The molecule has 23 heavy (non-hydrogen) atoms. The molecule has 1 heterocycles. The van der Waals surface area contributed by atoms with Gasteiger partial charge in [-0.2, -0.15) is 0 Å². The van der Waals surface area contributed by atoms with Gasteiger partial charge in [0, 0.05) is 25.1 Å². The van der Waals surface area contributed by atoms with Gasteiger partial charge in [-0.3, -0.25) is 9.36 Å². The molecule has 0 bridgehead atoms. The van der Waals surface area contributed by atoms with Crippen LogP contribution >= 0.6 is 0 Å². The summed E-state index contributed by atoms with van der Waals surface area (Å²) in [6, 6.07) is 7.68. The molecule has 0 saturated carbocycles. The molecule has 0 aliphatic heterocycles. The minimum absolute atomic E-state index is 0.0560. The summed E-state index contributed by atoms with van der Waals surface area (Å²) in [7, 11) is 0. The molecule has 1 N–H and O–H groups in total. The molecular formula is C18H22N2O3. The number of nitrogens with zero attached hydrogens (tertiary/aromatic N) is 1. The lowest BCUT2D eigenvalue weighted by Gasteiger charge is -2.19. The number of nitrogens with one attached hydrogen (secondary N) is 1. The summed E-state index contributed by atoms with van der Waals surface area (Å²) in [4.78, 5) is 23.0. The number of hydrogen-bond donors (Lipinski definition) is 1. The third-order valence-electron chi connectivity index (χ3n) is 3.08. The summed E-state index contributed by atoms with van der Waals surface area (Å²) in [6.07, 6.45) is 5.14. The molecule has 5 heteroatoms. The Bertz CT molecular complexity index is 751. The molecule has 0 atom stereocenters. The standard InChI is InChI=1S/C18H22N2O3/c1-13(21)19-10-5-6-14-7-8-16-15(12-14)9-11-20(16)17(22)23-18(2,3)4/h5-9,11-12H,10H2,1-4H3,(H,19,21). The minimum Gasteiger partial charge on any atom is -0.443 e. The molecule has 0 fully saturated rings. The zero-order valence-corrected chi connectivity index (χ0v) is 13.9. The van der Waals surface area contributed by atoms with E-state index in [1.165, 1.54) is 11.5 Å². The Morgan fingerprint density at radius 1 is 1.26 bits per heavy atom. The summed E-state index contributed by atoms with van der Waals surface area (Å²) >= 11 is 0. The second-order valence-corrected chi connectivity index (χ2v) is 6.32. The maximum absolute atomic E-state index is 12.2. The highest BCUT2D eigenvalue weighted by Gasteiger charge is 2.18. The molecule has 2 aromatic rings. The van der Waals surface area contributed by atoms with Crippen molar-refractivity contribution in [1.82, 2.24) is 9.88 Å². The summed E-state index contributed by atoms with van der Waals surface area (Å²) < 4.78 is 6.90. The number of carbonyl (C=O) groups is 2. The maximum Gasteiger partial charge on any atom is 0.418 e. The van der Waals surface area contributed by atoms with E-state index in [4.69, 9.17) is 4.74 Å². The van der Waals surface area contributed by atoms with Gasteiger partial charge in [0.1, 0.15) is 5.60 Å². The van der Waals surface area contributed by atoms with Gasteiger partial charge in [-0.15, -0.1) is 0 Å². The van der Waals surface area contributed by atoms with Crippen LogP contribution in [0.2, 0.25) is 0 Å². The van der Waals surface area contributed by atoms with E-state index in [2.05, 4.69) is 5.32 Å². The lowest BCUT2D eigenvalue weighted by molar-refractivity contribution is -0.118. The number of amides is 1. The summed E-state index contributed by atoms with van der Waals surface area (Å²) in [5.74, 6) is -0.0560. The summed E-state index contributed by atoms with van der Waals surface area (Å²) in [5.41, 5.74) is 1.28. The van der Waals surface area contributed by atoms with Gasteiger partial charge in [-0.05, 0) is 44.5 Å². The lowest BCUT2D eigenvalue weighted by Crippen LogP contribution is -2.26. The Labute approximate surface area is 135 Å². The first-order chi connectivity index (χ1) is 10.8. The van der Waals surface area contributed by atoms with E-state index in [0.717, 1.165) is 16.5 Å². The number of hydrogen-bond acceptors (Lipinski definition) is 3. The molecule has 122 valence electrons. The van der Waals surface area contributed by atoms with Gasteiger partial charge in [0.2, 0.25) is 5.91 Å². The number of ether oxygens (including phenoxy) is 1. The fraction of sp³-hybridized carbons (Fsp3) is 0.333. The fourth-order valence-electron chi connectivity index (χ4n) is 2.13. The van der Waals surface area contributed by atoms with Gasteiger partial charge in [-0.25, -0.2) is 4.79 Å². The molecule has 0 saturated heterocycles. The quantitative estimate of drug-likeness (QED) is 0.942. The molecule has 0 spiro atoms. The Morgan fingerprint density at radius 3 is 2.65 bits per heavy atom. The van der Waals surface area contributed by atoms with Crippen molar-refractivity contribution in [2.75, 3.05) is 6.54 Å². The smallest absolute Gasteiger partial charge is 0.418 e. The Balaban J connectivity index is 2.17. The normalized spacial score (nSPS) is 11.8. The number of benzene rings is 1. The van der Waals surface area contributed by atoms with Crippen molar-refractivity contribution < 1.29 is 14.3 Å². The Hall–Kier alpha value is -2.56. The maximum atomic E-state index is 12.2. The zero-order chi connectivity index (χ0) is 17.0. The van der Waals surface area contributed by atoms with Crippen LogP contribution in [0.15, 0.2) is 36.5 Å². The monoisotopic (exact) mass is 314 g/mol. The first-order valence-corrected chi connectivity index (χ1v) is 7.52. The highest BCUT2D eigenvalue weighted by Crippen LogP contribution is 2.20. The van der Waals surface area contributed by atoms with Crippen molar-refractivity contribution in [2.45, 2.75) is 33.3 Å². The van der Waals surface area contributed by atoms with Crippen LogP contribution in [0.5, 0.6) is 0 Å². The summed E-state index contributed by atoms with van der Waals surface area (Å²) in [5, 5.41) is 3.66. The van der Waals surface area contributed by atoms with Crippen molar-refractivity contribution in [1.29, 1.82) is 0 Å². The van der Waals surface area contributed by atoms with Gasteiger partial charge < -0.3 is 10.1 Å². The van der Waals surface area contributed by atoms with Crippen LogP contribution in [0.4, 0.5) is 4.79 Å². The zero-order valence-electron chi connectivity index (χ0n) is 13.9. The van der Waals surface area contributed by atoms with E-state index in [0.29, 0.717) is 6.54 Å². The van der Waals surface area contributed by atoms with Crippen LogP contribution in [-0.4, -0.2) is 28.7 Å². The molecule has 2 rings (SSSR count). The van der Waals surface area contributed by atoms with E-state index in [-0.39, 0.29) is 12.0 Å². The van der Waals surface area contributed by atoms with E-state index in [1.807, 2.05) is 57.2 Å². The highest BCUT2D eigenvalue weighted by atomic mass is 16.6. The largest absolute Gasteiger partial charge is 0.443 e. The number of rotatable bonds is 3. The number of aromatic nitrogens is 1. The fourth-order valence-corrected chi connectivity index (χ4v) is 2.13. The second-order valence-electron chi connectivity index (χ2n) is 6.32. The molecule has 1 aromatic heterocycles. The average Bonchev–Trinajstić information content (AvgIpc) is 2.84. The van der Waals surface area contributed by atoms with E-state index >= 15 is 0 Å². The molecule has 0 radical (unpaired) electrons. The lowest BCUT2D eigenvalue weighted by atomic mass is 10.1. The predicted octanol–water partition coefficient (Wildman–Crippen LogP) is 3.57. The third-order valence-corrected chi connectivity index (χ3v) is 3.08. The van der Waals surface area contributed by atoms with Crippen molar-refractivity contribution >= 4 is 29.0 Å². The van der Waals surface area contributed by atoms with E-state index in [9.17, 15) is 9.59 Å². The van der Waals surface area contributed by atoms with Crippen LogP contribution < -0.4 is 5.32 Å². The SMILES string of the molecule is CC(=O)NCC=Cc1ccc2c(ccn2C(=O)OC(C)(C)C)c1. The summed E-state index contributed by atoms with van der Waals surface area (Å²) in [6.45, 7) is 7.50. The van der Waals surface area contributed by atoms with Crippen LogP contribution in [-0.2, 0) is 9.53 Å². The molecule has 0 aliphatic carbocycles. The predicted molar refractivity (Wildman–Crippen MR) is 91.3 cm³/mol. The molecule has 0 aliphatic rings. The van der Waals surface area contributed by atoms with Crippen molar-refractivity contribution in [2.24, 2.45) is 0 Å². The average molecular weight is 314 g/mol. The van der Waals surface area contributed by atoms with Gasteiger partial charge in [0.05, 0.1) is 5.52 Å². The van der Waals surface area contributed by atoms with Gasteiger partial charge >= 0.3 is 6.09 Å². The highest BCUT2D eigenvalue weighted by molar-refractivity contribution is 5.90. The second kappa shape index (κ2) is 6.69. The molecule has 1 aromatic carbocycles. The number of fused-ring (bicyclic) bond motifs is 1. The molecule has 5 nitrogen and oxygen atoms in total. The van der Waals surface area contributed by atoms with Gasteiger partial charge in [-0.1, -0.05) is 18.2 Å². The van der Waals surface area contributed by atoms with Crippen molar-refractivity contribution in [3.63, 3.8) is 0 Å². The van der Waals surface area contributed by atoms with Crippen molar-refractivity contribution in [3.8, 4) is 0 Å². The molecule has 1 amide bonds. The van der Waals surface area contributed by atoms with Gasteiger partial charge in [0.15, 0.2) is 0 Å². The Morgan fingerprint density at radius 2 is 2.00 bits per heavy atom. The first-order valence-electron chi connectivity index (χ1n) is 7.52. The number of carbonyl (C=O) groups excluding carboxylic acids is 2. The Kier molecular flexibility index (Phi) is 4.89.